The molecule has 1 saturated heterocycles. The highest BCUT2D eigenvalue weighted by Gasteiger charge is 2.21. The zero-order valence-corrected chi connectivity index (χ0v) is 19.9. The van der Waals surface area contributed by atoms with Crippen molar-refractivity contribution in [1.82, 2.24) is 4.90 Å². The van der Waals surface area contributed by atoms with Crippen LogP contribution in [0.25, 0.3) is 0 Å². The summed E-state index contributed by atoms with van der Waals surface area (Å²) in [5, 5.41) is 10.9. The van der Waals surface area contributed by atoms with Crippen molar-refractivity contribution in [2.45, 2.75) is 58.0 Å². The predicted molar refractivity (Wildman–Crippen MR) is 131 cm³/mol. The van der Waals surface area contributed by atoms with Gasteiger partial charge < -0.3 is 14.7 Å². The summed E-state index contributed by atoms with van der Waals surface area (Å²) in [5.41, 5.74) is 1.24. The van der Waals surface area contributed by atoms with E-state index in [-0.39, 0.29) is 11.9 Å². The molecule has 0 radical (unpaired) electrons. The van der Waals surface area contributed by atoms with E-state index in [4.69, 9.17) is 16.3 Å². The first-order chi connectivity index (χ1) is 15.5. The number of nitrogens with zero attached hydrogens (tertiary/aromatic N) is 1. The van der Waals surface area contributed by atoms with Gasteiger partial charge in [0.2, 0.25) is 0 Å². The maximum Gasteiger partial charge on any atom is 0.193 e. The number of aliphatic hydroxyl groups is 1. The van der Waals surface area contributed by atoms with Gasteiger partial charge in [0.05, 0.1) is 12.7 Å². The minimum atomic E-state index is -0.208. The fourth-order valence-electron chi connectivity index (χ4n) is 4.24. The summed E-state index contributed by atoms with van der Waals surface area (Å²) in [5.74, 6) is 1.20. The number of carbonyl (C=O) groups is 1. The molecule has 0 amide bonds. The number of carbonyl (C=O) groups excluding carboxylic acids is 1. The molecule has 3 rings (SSSR count). The van der Waals surface area contributed by atoms with Gasteiger partial charge in [-0.2, -0.15) is 0 Å². The van der Waals surface area contributed by atoms with Gasteiger partial charge >= 0.3 is 0 Å². The molecule has 2 aromatic rings. The van der Waals surface area contributed by atoms with E-state index in [9.17, 15) is 9.90 Å². The second-order valence-electron chi connectivity index (χ2n) is 8.92. The molecule has 5 heteroatoms. The molecule has 1 fully saturated rings. The van der Waals surface area contributed by atoms with Crippen LogP contribution in [0.1, 0.15) is 67.8 Å². The molecule has 1 N–H and O–H groups in total. The van der Waals surface area contributed by atoms with Gasteiger partial charge in [-0.3, -0.25) is 4.79 Å². The van der Waals surface area contributed by atoms with Gasteiger partial charge in [0.1, 0.15) is 5.75 Å². The van der Waals surface area contributed by atoms with Crippen LogP contribution in [0.4, 0.5) is 0 Å². The van der Waals surface area contributed by atoms with Crippen LogP contribution in [0.2, 0.25) is 5.02 Å². The minimum Gasteiger partial charge on any atom is -0.493 e. The molecule has 174 valence electrons. The zero-order chi connectivity index (χ0) is 22.8. The number of hydrogen-bond acceptors (Lipinski definition) is 4. The monoisotopic (exact) mass is 457 g/mol. The molecule has 2 aromatic carbocycles. The Hall–Kier alpha value is -1.88. The third-order valence-corrected chi connectivity index (χ3v) is 6.51. The van der Waals surface area contributed by atoms with Crippen molar-refractivity contribution in [1.29, 1.82) is 0 Å². The fourth-order valence-corrected chi connectivity index (χ4v) is 4.37. The largest absolute Gasteiger partial charge is 0.493 e. The summed E-state index contributed by atoms with van der Waals surface area (Å²) in [6.45, 7) is 5.67. The number of ether oxygens (including phenoxy) is 1. The maximum atomic E-state index is 12.7. The van der Waals surface area contributed by atoms with Crippen LogP contribution in [-0.2, 0) is 0 Å². The Morgan fingerprint density at radius 3 is 2.56 bits per heavy atom. The standard InChI is InChI=1S/C27H36ClNO3/c1-2-3-4-5-8-25(30)19-29-16-14-21(15-17-29)20-32-26-9-6-7-23(18-26)27(31)22-10-12-24(28)13-11-22/h6-7,9-13,18,21,25,30H,2-5,8,14-17,19-20H2,1H3/t25-/m1/s1. The lowest BCUT2D eigenvalue weighted by molar-refractivity contribution is 0.0735. The number of benzene rings is 2. The SMILES string of the molecule is CCCCCC[C@@H](O)CN1CCC(COc2cccc(C(=O)c3ccc(Cl)cc3)c2)CC1. The second kappa shape index (κ2) is 13.0. The lowest BCUT2D eigenvalue weighted by atomic mass is 9.97. The van der Waals surface area contributed by atoms with Gasteiger partial charge in [-0.25, -0.2) is 0 Å². The number of hydrogen-bond donors (Lipinski definition) is 1. The molecule has 0 spiro atoms. The summed E-state index contributed by atoms with van der Waals surface area (Å²) >= 11 is 5.92. The van der Waals surface area contributed by atoms with E-state index in [0.29, 0.717) is 28.7 Å². The molecule has 0 aromatic heterocycles. The van der Waals surface area contributed by atoms with Gasteiger partial charge in [0.15, 0.2) is 5.78 Å². The number of ketones is 1. The topological polar surface area (TPSA) is 49.8 Å². The zero-order valence-electron chi connectivity index (χ0n) is 19.1. The third kappa shape index (κ3) is 7.91. The predicted octanol–water partition coefficient (Wildman–Crippen LogP) is 5.99. The molecule has 1 heterocycles. The van der Waals surface area contributed by atoms with E-state index in [0.717, 1.165) is 51.1 Å². The first kappa shape index (κ1) is 24.8. The van der Waals surface area contributed by atoms with Gasteiger partial charge in [0.25, 0.3) is 0 Å². The van der Waals surface area contributed by atoms with E-state index in [1.54, 1.807) is 24.3 Å². The first-order valence-electron chi connectivity index (χ1n) is 12.0. The Kier molecular flexibility index (Phi) is 10.0. The number of likely N-dealkylation sites (tertiary alicyclic amines) is 1. The number of β-amino-alcohol motifs (C(OH)–C–C–N with tert-alkyl or cyclic N) is 1. The molecular weight excluding hydrogens is 422 g/mol. The summed E-state index contributed by atoms with van der Waals surface area (Å²) in [7, 11) is 0. The molecule has 1 aliphatic rings. The number of rotatable bonds is 12. The van der Waals surface area contributed by atoms with Crippen LogP contribution in [0.3, 0.4) is 0 Å². The smallest absolute Gasteiger partial charge is 0.193 e. The van der Waals surface area contributed by atoms with Crippen molar-refractivity contribution in [3.8, 4) is 5.75 Å². The van der Waals surface area contributed by atoms with E-state index < -0.39 is 0 Å². The molecular formula is C27H36ClNO3. The number of halogens is 1. The van der Waals surface area contributed by atoms with Gasteiger partial charge in [-0.15, -0.1) is 0 Å². The van der Waals surface area contributed by atoms with Crippen LogP contribution in [0.5, 0.6) is 5.75 Å². The quantitative estimate of drug-likeness (QED) is 0.314. The number of piperidine rings is 1. The Morgan fingerprint density at radius 2 is 1.84 bits per heavy atom. The van der Waals surface area contributed by atoms with Crippen LogP contribution < -0.4 is 4.74 Å². The van der Waals surface area contributed by atoms with E-state index >= 15 is 0 Å². The van der Waals surface area contributed by atoms with Crippen molar-refractivity contribution in [3.63, 3.8) is 0 Å². The second-order valence-corrected chi connectivity index (χ2v) is 9.36. The molecule has 0 bridgehead atoms. The highest BCUT2D eigenvalue weighted by molar-refractivity contribution is 6.30. The fraction of sp³-hybridized carbons (Fsp3) is 0.519. The molecule has 1 atom stereocenters. The number of aliphatic hydroxyl groups excluding tert-OH is 1. The summed E-state index contributed by atoms with van der Waals surface area (Å²) in [6, 6.07) is 14.4. The maximum absolute atomic E-state index is 12.7. The van der Waals surface area contributed by atoms with Crippen molar-refractivity contribution < 1.29 is 14.6 Å². The Balaban J connectivity index is 1.41. The van der Waals surface area contributed by atoms with Gasteiger partial charge in [-0.05, 0) is 74.7 Å². The summed E-state index contributed by atoms with van der Waals surface area (Å²) in [6.07, 6.45) is 7.69. The average molecular weight is 458 g/mol. The first-order valence-corrected chi connectivity index (χ1v) is 12.4. The van der Waals surface area contributed by atoms with Crippen molar-refractivity contribution in [2.24, 2.45) is 5.92 Å². The molecule has 0 unspecified atom stereocenters. The average Bonchev–Trinajstić information content (AvgIpc) is 2.82. The highest BCUT2D eigenvalue weighted by Crippen LogP contribution is 2.22. The lowest BCUT2D eigenvalue weighted by Crippen LogP contribution is -2.40. The molecule has 0 saturated carbocycles. The van der Waals surface area contributed by atoms with E-state index in [1.807, 2.05) is 24.3 Å². The van der Waals surface area contributed by atoms with Crippen molar-refractivity contribution in [2.75, 3.05) is 26.2 Å². The van der Waals surface area contributed by atoms with Crippen LogP contribution in [0, 0.1) is 5.92 Å². The Bertz CT molecular complexity index is 831. The van der Waals surface area contributed by atoms with Crippen molar-refractivity contribution in [3.05, 3.63) is 64.7 Å². The minimum absolute atomic E-state index is 0.0336. The van der Waals surface area contributed by atoms with Gasteiger partial charge in [-0.1, -0.05) is 56.3 Å². The Morgan fingerprint density at radius 1 is 1.09 bits per heavy atom. The van der Waals surface area contributed by atoms with Crippen LogP contribution in [-0.4, -0.2) is 48.1 Å². The van der Waals surface area contributed by atoms with Crippen molar-refractivity contribution >= 4 is 17.4 Å². The lowest BCUT2D eigenvalue weighted by Gasteiger charge is -2.33. The van der Waals surface area contributed by atoms with Crippen LogP contribution in [0.15, 0.2) is 48.5 Å². The van der Waals surface area contributed by atoms with E-state index in [2.05, 4.69) is 11.8 Å². The normalized spacial score (nSPS) is 16.1. The number of unbranched alkanes of at least 4 members (excludes halogenated alkanes) is 3. The van der Waals surface area contributed by atoms with E-state index in [1.165, 1.54) is 19.3 Å². The van der Waals surface area contributed by atoms with Crippen LogP contribution >= 0.6 is 11.6 Å². The highest BCUT2D eigenvalue weighted by atomic mass is 35.5. The Labute approximate surface area is 197 Å². The summed E-state index contributed by atoms with van der Waals surface area (Å²) < 4.78 is 6.04. The summed E-state index contributed by atoms with van der Waals surface area (Å²) in [4.78, 5) is 15.1. The molecule has 4 nitrogen and oxygen atoms in total. The molecule has 32 heavy (non-hydrogen) atoms. The third-order valence-electron chi connectivity index (χ3n) is 6.26. The molecule has 1 aliphatic heterocycles. The molecule has 0 aliphatic carbocycles. The van der Waals surface area contributed by atoms with Gasteiger partial charge in [0, 0.05) is 22.7 Å².